The van der Waals surface area contributed by atoms with Crippen molar-refractivity contribution in [3.8, 4) is 11.5 Å². The first kappa shape index (κ1) is 10.4. The number of hydrogen-bond acceptors (Lipinski definition) is 5. The van der Waals surface area contributed by atoms with Crippen molar-refractivity contribution < 1.29 is 4.52 Å². The van der Waals surface area contributed by atoms with E-state index in [4.69, 9.17) is 4.52 Å². The number of hydrogen-bond donors (Lipinski definition) is 1. The Morgan fingerprint density at radius 1 is 1.41 bits per heavy atom. The second kappa shape index (κ2) is 4.25. The highest BCUT2D eigenvalue weighted by Crippen LogP contribution is 2.26. The lowest BCUT2D eigenvalue weighted by atomic mass is 9.89. The van der Waals surface area contributed by atoms with E-state index in [-0.39, 0.29) is 0 Å². The average Bonchev–Trinajstić information content (AvgIpc) is 2.77. The Labute approximate surface area is 99.3 Å². The molecule has 5 heteroatoms. The molecule has 1 saturated heterocycles. The van der Waals surface area contributed by atoms with Crippen LogP contribution >= 0.6 is 0 Å². The fourth-order valence-corrected chi connectivity index (χ4v) is 1.89. The first-order valence-electron chi connectivity index (χ1n) is 5.80. The van der Waals surface area contributed by atoms with Crippen molar-refractivity contribution in [3.05, 3.63) is 30.3 Å². The lowest BCUT2D eigenvalue weighted by Gasteiger charge is -2.30. The minimum atomic E-state index is 0.307. The highest BCUT2D eigenvalue weighted by molar-refractivity contribution is 5.47. The monoisotopic (exact) mass is 230 g/mol. The molecule has 1 unspecified atom stereocenters. The Hall–Kier alpha value is -1.75. The molecule has 3 heterocycles. The van der Waals surface area contributed by atoms with Gasteiger partial charge in [-0.25, -0.2) is 0 Å². The summed E-state index contributed by atoms with van der Waals surface area (Å²) in [5.41, 5.74) is 0.751. The summed E-state index contributed by atoms with van der Waals surface area (Å²) in [6.07, 6.45) is 1.73. The number of pyridine rings is 1. The molecule has 17 heavy (non-hydrogen) atoms. The molecule has 1 atom stereocenters. The molecular weight excluding hydrogens is 216 g/mol. The Bertz CT molecular complexity index is 492. The molecule has 3 rings (SSSR count). The standard InChI is InChI=1S/C12H14N4O/c1-8(9-6-13-7-9)12-15-11(16-17-12)10-4-2-3-5-14-10/h2-5,8-9,13H,6-7H2,1H3. The Kier molecular flexibility index (Phi) is 2.60. The van der Waals surface area contributed by atoms with Gasteiger partial charge in [-0.3, -0.25) is 4.98 Å². The summed E-state index contributed by atoms with van der Waals surface area (Å²) in [6.45, 7) is 4.19. The number of rotatable bonds is 3. The van der Waals surface area contributed by atoms with Gasteiger partial charge in [0.15, 0.2) is 0 Å². The van der Waals surface area contributed by atoms with Gasteiger partial charge in [0.25, 0.3) is 0 Å². The van der Waals surface area contributed by atoms with E-state index < -0.39 is 0 Å². The maximum atomic E-state index is 5.31. The lowest BCUT2D eigenvalue weighted by molar-refractivity contribution is 0.252. The van der Waals surface area contributed by atoms with Crippen molar-refractivity contribution in [2.24, 2.45) is 5.92 Å². The molecule has 0 amide bonds. The van der Waals surface area contributed by atoms with Crippen LogP contribution < -0.4 is 5.32 Å². The largest absolute Gasteiger partial charge is 0.339 e. The fourth-order valence-electron chi connectivity index (χ4n) is 1.89. The summed E-state index contributed by atoms with van der Waals surface area (Å²) in [5.74, 6) is 2.19. The van der Waals surface area contributed by atoms with E-state index in [9.17, 15) is 0 Å². The third-order valence-electron chi connectivity index (χ3n) is 3.25. The molecule has 1 fully saturated rings. The molecule has 88 valence electrons. The second-order valence-electron chi connectivity index (χ2n) is 4.38. The number of nitrogens with one attached hydrogen (secondary N) is 1. The van der Waals surface area contributed by atoms with Gasteiger partial charge in [0.05, 0.1) is 0 Å². The summed E-state index contributed by atoms with van der Waals surface area (Å²) < 4.78 is 5.31. The van der Waals surface area contributed by atoms with E-state index in [0.717, 1.165) is 18.8 Å². The lowest BCUT2D eigenvalue weighted by Crippen LogP contribution is -2.44. The summed E-state index contributed by atoms with van der Waals surface area (Å²) in [6, 6.07) is 5.66. The second-order valence-corrected chi connectivity index (χ2v) is 4.38. The van der Waals surface area contributed by atoms with Crippen LogP contribution in [0, 0.1) is 5.92 Å². The molecule has 1 N–H and O–H groups in total. The van der Waals surface area contributed by atoms with E-state index in [1.807, 2.05) is 18.2 Å². The van der Waals surface area contributed by atoms with Crippen molar-refractivity contribution in [3.63, 3.8) is 0 Å². The van der Waals surface area contributed by atoms with Crippen LogP contribution in [0.5, 0.6) is 0 Å². The van der Waals surface area contributed by atoms with Crippen molar-refractivity contribution >= 4 is 0 Å². The molecule has 0 saturated carbocycles. The molecule has 1 aliphatic rings. The van der Waals surface area contributed by atoms with E-state index >= 15 is 0 Å². The molecule has 0 aliphatic carbocycles. The Morgan fingerprint density at radius 2 is 2.29 bits per heavy atom. The third kappa shape index (κ3) is 1.93. The summed E-state index contributed by atoms with van der Waals surface area (Å²) in [4.78, 5) is 8.62. The number of nitrogens with zero attached hydrogens (tertiary/aromatic N) is 3. The topological polar surface area (TPSA) is 63.8 Å². The van der Waals surface area contributed by atoms with Crippen LogP contribution in [0.4, 0.5) is 0 Å². The molecule has 0 radical (unpaired) electrons. The van der Waals surface area contributed by atoms with Crippen LogP contribution in [-0.2, 0) is 0 Å². The van der Waals surface area contributed by atoms with Crippen molar-refractivity contribution in [2.45, 2.75) is 12.8 Å². The predicted octanol–water partition coefficient (Wildman–Crippen LogP) is 1.45. The van der Waals surface area contributed by atoms with E-state index in [0.29, 0.717) is 23.6 Å². The van der Waals surface area contributed by atoms with Gasteiger partial charge in [0.2, 0.25) is 11.7 Å². The molecule has 5 nitrogen and oxygen atoms in total. The molecular formula is C12H14N4O. The summed E-state index contributed by atoms with van der Waals surface area (Å²) in [7, 11) is 0. The molecule has 0 bridgehead atoms. The zero-order valence-corrected chi connectivity index (χ0v) is 9.63. The maximum Gasteiger partial charge on any atom is 0.230 e. The van der Waals surface area contributed by atoms with E-state index in [2.05, 4.69) is 27.4 Å². The Balaban J connectivity index is 1.82. The Morgan fingerprint density at radius 3 is 2.94 bits per heavy atom. The molecule has 0 aromatic carbocycles. The molecule has 0 spiro atoms. The van der Waals surface area contributed by atoms with Gasteiger partial charge >= 0.3 is 0 Å². The van der Waals surface area contributed by atoms with E-state index in [1.165, 1.54) is 0 Å². The number of aromatic nitrogens is 3. The quantitative estimate of drug-likeness (QED) is 0.864. The van der Waals surface area contributed by atoms with Crippen LogP contribution in [0.2, 0.25) is 0 Å². The minimum Gasteiger partial charge on any atom is -0.339 e. The average molecular weight is 230 g/mol. The van der Waals surface area contributed by atoms with Gasteiger partial charge in [-0.2, -0.15) is 4.98 Å². The van der Waals surface area contributed by atoms with Crippen LogP contribution in [0.1, 0.15) is 18.7 Å². The van der Waals surface area contributed by atoms with Gasteiger partial charge < -0.3 is 9.84 Å². The van der Waals surface area contributed by atoms with Gasteiger partial charge in [-0.15, -0.1) is 0 Å². The highest BCUT2D eigenvalue weighted by atomic mass is 16.5. The van der Waals surface area contributed by atoms with Gasteiger partial charge in [0.1, 0.15) is 5.69 Å². The summed E-state index contributed by atoms with van der Waals surface area (Å²) in [5, 5.41) is 7.23. The first-order valence-corrected chi connectivity index (χ1v) is 5.80. The van der Waals surface area contributed by atoms with Gasteiger partial charge in [-0.1, -0.05) is 18.1 Å². The smallest absolute Gasteiger partial charge is 0.230 e. The summed E-state index contributed by atoms with van der Waals surface area (Å²) >= 11 is 0. The normalized spacial score (nSPS) is 17.7. The third-order valence-corrected chi connectivity index (χ3v) is 3.25. The van der Waals surface area contributed by atoms with Crippen molar-refractivity contribution in [1.82, 2.24) is 20.4 Å². The van der Waals surface area contributed by atoms with Crippen molar-refractivity contribution in [1.29, 1.82) is 0 Å². The van der Waals surface area contributed by atoms with Crippen LogP contribution in [-0.4, -0.2) is 28.2 Å². The molecule has 2 aromatic rings. The van der Waals surface area contributed by atoms with E-state index in [1.54, 1.807) is 6.20 Å². The van der Waals surface area contributed by atoms with Gasteiger partial charge in [0, 0.05) is 12.1 Å². The zero-order valence-electron chi connectivity index (χ0n) is 9.63. The highest BCUT2D eigenvalue weighted by Gasteiger charge is 2.28. The predicted molar refractivity (Wildman–Crippen MR) is 62.3 cm³/mol. The SMILES string of the molecule is CC(c1nc(-c2ccccn2)no1)C1CNC1. The van der Waals surface area contributed by atoms with Gasteiger partial charge in [-0.05, 0) is 31.1 Å². The van der Waals surface area contributed by atoms with Crippen LogP contribution in [0.3, 0.4) is 0 Å². The minimum absolute atomic E-state index is 0.307. The van der Waals surface area contributed by atoms with Crippen LogP contribution in [0.15, 0.2) is 28.9 Å². The fraction of sp³-hybridized carbons (Fsp3) is 0.417. The molecule has 1 aliphatic heterocycles. The van der Waals surface area contributed by atoms with Crippen molar-refractivity contribution in [2.75, 3.05) is 13.1 Å². The maximum absolute atomic E-state index is 5.31. The first-order chi connectivity index (χ1) is 8.34. The zero-order chi connectivity index (χ0) is 11.7. The molecule has 2 aromatic heterocycles. The van der Waals surface area contributed by atoms with Crippen LogP contribution in [0.25, 0.3) is 11.5 Å².